The third kappa shape index (κ3) is 3.94. The Morgan fingerprint density at radius 2 is 1.89 bits per heavy atom. The van der Waals surface area contributed by atoms with Gasteiger partial charge in [0.15, 0.2) is 4.32 Å². The zero-order valence-electron chi connectivity index (χ0n) is 15.2. The summed E-state index contributed by atoms with van der Waals surface area (Å²) < 4.78 is 16.8. The number of hydrogen-bond donors (Lipinski definition) is 0. The number of ether oxygens (including phenoxy) is 3. The second kappa shape index (κ2) is 8.45. The Hall–Kier alpha value is -2.51. The maximum absolute atomic E-state index is 13.1. The number of amides is 1. The summed E-state index contributed by atoms with van der Waals surface area (Å²) in [7, 11) is 3.18. The Balaban J connectivity index is 1.99. The fourth-order valence-electron chi connectivity index (χ4n) is 2.69. The summed E-state index contributed by atoms with van der Waals surface area (Å²) in [6.07, 6.45) is 1.77. The van der Waals surface area contributed by atoms with Crippen LogP contribution >= 0.6 is 24.0 Å². The summed E-state index contributed by atoms with van der Waals surface area (Å²) in [4.78, 5) is 15.1. The van der Waals surface area contributed by atoms with Gasteiger partial charge in [-0.05, 0) is 43.3 Å². The van der Waals surface area contributed by atoms with E-state index in [0.717, 1.165) is 5.56 Å². The van der Waals surface area contributed by atoms with Gasteiger partial charge in [-0.1, -0.05) is 36.1 Å². The fourth-order valence-corrected chi connectivity index (χ4v) is 3.96. The lowest BCUT2D eigenvalue weighted by Crippen LogP contribution is -2.28. The van der Waals surface area contributed by atoms with Crippen LogP contribution in [0.3, 0.4) is 0 Å². The molecule has 1 heterocycles. The van der Waals surface area contributed by atoms with Crippen LogP contribution in [0.2, 0.25) is 0 Å². The summed E-state index contributed by atoms with van der Waals surface area (Å²) in [5.74, 6) is 1.76. The Bertz CT molecular complexity index is 911. The number of thiocarbonyl (C=S) groups is 1. The smallest absolute Gasteiger partial charge is 0.270 e. The SMILES string of the molecule is CCOc1ccccc1N1C(=O)C(=Cc2cc(OC)ccc2OC)SC1=S. The largest absolute Gasteiger partial charge is 0.497 e. The molecule has 0 atom stereocenters. The normalized spacial score (nSPS) is 15.4. The number of anilines is 1. The molecule has 3 rings (SSSR count). The van der Waals surface area contributed by atoms with E-state index in [1.54, 1.807) is 32.4 Å². The second-order valence-corrected chi connectivity index (χ2v) is 7.20. The van der Waals surface area contributed by atoms with Crippen LogP contribution in [0.25, 0.3) is 6.08 Å². The van der Waals surface area contributed by atoms with Crippen LogP contribution in [0, 0.1) is 0 Å². The minimum Gasteiger partial charge on any atom is -0.497 e. The van der Waals surface area contributed by atoms with Gasteiger partial charge in [0.25, 0.3) is 5.91 Å². The van der Waals surface area contributed by atoms with Gasteiger partial charge in [-0.15, -0.1) is 0 Å². The molecule has 2 aromatic carbocycles. The maximum atomic E-state index is 13.1. The van der Waals surface area contributed by atoms with Crippen molar-refractivity contribution in [1.29, 1.82) is 0 Å². The molecule has 0 saturated carbocycles. The van der Waals surface area contributed by atoms with Gasteiger partial charge in [-0.2, -0.15) is 0 Å². The highest BCUT2D eigenvalue weighted by atomic mass is 32.2. The predicted octanol–water partition coefficient (Wildman–Crippen LogP) is 4.51. The molecule has 1 saturated heterocycles. The lowest BCUT2D eigenvalue weighted by Gasteiger charge is -2.18. The van der Waals surface area contributed by atoms with Crippen molar-refractivity contribution in [2.75, 3.05) is 25.7 Å². The van der Waals surface area contributed by atoms with E-state index in [1.807, 2.05) is 37.3 Å². The van der Waals surface area contributed by atoms with E-state index in [1.165, 1.54) is 16.7 Å². The molecule has 0 radical (unpaired) electrons. The van der Waals surface area contributed by atoms with Gasteiger partial charge >= 0.3 is 0 Å². The molecule has 1 fully saturated rings. The molecule has 7 heteroatoms. The van der Waals surface area contributed by atoms with E-state index < -0.39 is 0 Å². The summed E-state index contributed by atoms with van der Waals surface area (Å²) >= 11 is 6.71. The monoisotopic (exact) mass is 401 g/mol. The molecule has 1 aliphatic rings. The molecule has 0 bridgehead atoms. The highest BCUT2D eigenvalue weighted by Gasteiger charge is 2.35. The maximum Gasteiger partial charge on any atom is 0.270 e. The summed E-state index contributed by atoms with van der Waals surface area (Å²) in [6, 6.07) is 12.8. The van der Waals surface area contributed by atoms with Gasteiger partial charge in [0, 0.05) is 5.56 Å². The first-order chi connectivity index (χ1) is 13.1. The molecular weight excluding hydrogens is 382 g/mol. The van der Waals surface area contributed by atoms with Crippen molar-refractivity contribution in [1.82, 2.24) is 0 Å². The lowest BCUT2D eigenvalue weighted by molar-refractivity contribution is -0.113. The van der Waals surface area contributed by atoms with Crippen LogP contribution in [0.5, 0.6) is 17.2 Å². The Morgan fingerprint density at radius 3 is 2.59 bits per heavy atom. The quantitative estimate of drug-likeness (QED) is 0.524. The number of nitrogens with zero attached hydrogens (tertiary/aromatic N) is 1. The predicted molar refractivity (Wildman–Crippen MR) is 113 cm³/mol. The third-order valence-electron chi connectivity index (χ3n) is 3.92. The van der Waals surface area contributed by atoms with Gasteiger partial charge in [-0.25, -0.2) is 0 Å². The standard InChI is InChI=1S/C20H19NO4S2/c1-4-25-17-8-6-5-7-15(17)21-19(22)18(27-20(21)26)12-13-11-14(23-2)9-10-16(13)24-3/h5-12H,4H2,1-3H3. The third-order valence-corrected chi connectivity index (χ3v) is 5.23. The number of carbonyl (C=O) groups is 1. The number of para-hydroxylation sites is 2. The minimum absolute atomic E-state index is 0.193. The van der Waals surface area contributed by atoms with Crippen molar-refractivity contribution >= 4 is 46.0 Å². The summed E-state index contributed by atoms with van der Waals surface area (Å²) in [6.45, 7) is 2.40. The minimum atomic E-state index is -0.193. The number of benzene rings is 2. The van der Waals surface area contributed by atoms with E-state index in [2.05, 4.69) is 0 Å². The van der Waals surface area contributed by atoms with E-state index >= 15 is 0 Å². The van der Waals surface area contributed by atoms with Crippen LogP contribution < -0.4 is 19.1 Å². The van der Waals surface area contributed by atoms with Gasteiger partial charge in [0.05, 0.1) is 31.4 Å². The van der Waals surface area contributed by atoms with E-state index in [4.69, 9.17) is 26.4 Å². The average Bonchev–Trinajstić information content (AvgIpc) is 2.95. The van der Waals surface area contributed by atoms with Gasteiger partial charge in [-0.3, -0.25) is 9.69 Å². The molecule has 0 spiro atoms. The zero-order chi connectivity index (χ0) is 19.4. The second-order valence-electron chi connectivity index (χ2n) is 5.53. The van der Waals surface area contributed by atoms with Crippen molar-refractivity contribution in [3.8, 4) is 17.2 Å². The van der Waals surface area contributed by atoms with E-state index in [-0.39, 0.29) is 5.91 Å². The highest BCUT2D eigenvalue weighted by Crippen LogP contribution is 2.40. The summed E-state index contributed by atoms with van der Waals surface area (Å²) in [5.41, 5.74) is 1.39. The van der Waals surface area contributed by atoms with E-state index in [9.17, 15) is 4.79 Å². The van der Waals surface area contributed by atoms with Gasteiger partial charge < -0.3 is 14.2 Å². The van der Waals surface area contributed by atoms with Gasteiger partial charge in [0.2, 0.25) is 0 Å². The molecule has 0 aromatic heterocycles. The lowest BCUT2D eigenvalue weighted by atomic mass is 10.1. The molecule has 27 heavy (non-hydrogen) atoms. The molecule has 0 unspecified atom stereocenters. The van der Waals surface area contributed by atoms with Crippen molar-refractivity contribution in [3.05, 3.63) is 52.9 Å². The molecule has 0 N–H and O–H groups in total. The number of methoxy groups -OCH3 is 2. The molecule has 1 aliphatic heterocycles. The molecule has 2 aromatic rings. The molecule has 1 amide bonds. The number of rotatable bonds is 6. The first-order valence-electron chi connectivity index (χ1n) is 8.30. The summed E-state index contributed by atoms with van der Waals surface area (Å²) in [5, 5.41) is 0. The van der Waals surface area contributed by atoms with Crippen LogP contribution in [0.1, 0.15) is 12.5 Å². The Morgan fingerprint density at radius 1 is 1.11 bits per heavy atom. The molecular formula is C20H19NO4S2. The molecule has 140 valence electrons. The first kappa shape index (κ1) is 19.3. The Kier molecular flexibility index (Phi) is 6.03. The molecule has 5 nitrogen and oxygen atoms in total. The Labute approximate surface area is 167 Å². The van der Waals surface area contributed by atoms with Crippen molar-refractivity contribution in [2.24, 2.45) is 0 Å². The number of hydrogen-bond acceptors (Lipinski definition) is 6. The topological polar surface area (TPSA) is 48.0 Å². The van der Waals surface area contributed by atoms with E-state index in [0.29, 0.717) is 38.8 Å². The number of carbonyl (C=O) groups excluding carboxylic acids is 1. The highest BCUT2D eigenvalue weighted by molar-refractivity contribution is 8.27. The zero-order valence-corrected chi connectivity index (χ0v) is 16.9. The number of thioether (sulfide) groups is 1. The average molecular weight is 402 g/mol. The van der Waals surface area contributed by atoms with Crippen LogP contribution in [0.15, 0.2) is 47.4 Å². The van der Waals surface area contributed by atoms with Crippen molar-refractivity contribution < 1.29 is 19.0 Å². The van der Waals surface area contributed by atoms with Crippen molar-refractivity contribution in [3.63, 3.8) is 0 Å². The van der Waals surface area contributed by atoms with Crippen LogP contribution in [-0.2, 0) is 4.79 Å². The fraction of sp³-hybridized carbons (Fsp3) is 0.200. The van der Waals surface area contributed by atoms with Crippen molar-refractivity contribution in [2.45, 2.75) is 6.92 Å². The first-order valence-corrected chi connectivity index (χ1v) is 9.53. The molecule has 0 aliphatic carbocycles. The van der Waals surface area contributed by atoms with Crippen LogP contribution in [0.4, 0.5) is 5.69 Å². The van der Waals surface area contributed by atoms with Crippen LogP contribution in [-0.4, -0.2) is 31.1 Å². The van der Waals surface area contributed by atoms with Gasteiger partial charge in [0.1, 0.15) is 17.2 Å².